The van der Waals surface area contributed by atoms with Gasteiger partial charge in [0.2, 0.25) is 0 Å². The first-order valence-corrected chi connectivity index (χ1v) is 5.90. The van der Waals surface area contributed by atoms with Crippen molar-refractivity contribution in [2.75, 3.05) is 13.2 Å². The third kappa shape index (κ3) is 4.94. The van der Waals surface area contributed by atoms with Gasteiger partial charge in [0.15, 0.2) is 0 Å². The van der Waals surface area contributed by atoms with Crippen molar-refractivity contribution in [2.24, 2.45) is 0 Å². The number of carbonyl (C=O) groups is 1. The molecule has 4 nitrogen and oxygen atoms in total. The monoisotopic (exact) mass is 231 g/mol. The van der Waals surface area contributed by atoms with E-state index in [2.05, 4.69) is 5.32 Å². The van der Waals surface area contributed by atoms with E-state index in [4.69, 9.17) is 4.74 Å². The molecule has 0 radical (unpaired) electrons. The van der Waals surface area contributed by atoms with Crippen molar-refractivity contribution < 1.29 is 14.6 Å². The Bertz CT molecular complexity index is 217. The van der Waals surface area contributed by atoms with E-state index in [1.807, 2.05) is 34.6 Å². The predicted octanol–water partition coefficient (Wildman–Crippen LogP) is 2.03. The molecule has 0 bridgehead atoms. The molecule has 0 amide bonds. The van der Waals surface area contributed by atoms with E-state index < -0.39 is 11.5 Å². The van der Waals surface area contributed by atoms with Crippen LogP contribution in [0.3, 0.4) is 0 Å². The van der Waals surface area contributed by atoms with Crippen molar-refractivity contribution in [1.82, 2.24) is 5.32 Å². The summed E-state index contributed by atoms with van der Waals surface area (Å²) in [6, 6.07) is 0. The molecule has 16 heavy (non-hydrogen) atoms. The van der Waals surface area contributed by atoms with Crippen LogP contribution in [0.25, 0.3) is 0 Å². The van der Waals surface area contributed by atoms with Crippen LogP contribution >= 0.6 is 0 Å². The maximum atomic E-state index is 11.2. The number of rotatable bonds is 7. The minimum Gasteiger partial charge on any atom is -0.480 e. The highest BCUT2D eigenvalue weighted by Crippen LogP contribution is 2.15. The standard InChI is InChI=1S/C12H25NO3/c1-6-12(7-2,10(14)15)13-8-9-16-11(3,4)5/h13H,6-9H2,1-5H3,(H,14,15). The third-order valence-electron chi connectivity index (χ3n) is 2.72. The zero-order valence-corrected chi connectivity index (χ0v) is 11.1. The second-order valence-electron chi connectivity index (χ2n) is 4.98. The highest BCUT2D eigenvalue weighted by atomic mass is 16.5. The van der Waals surface area contributed by atoms with Crippen molar-refractivity contribution in [3.8, 4) is 0 Å². The Morgan fingerprint density at radius 2 is 1.75 bits per heavy atom. The van der Waals surface area contributed by atoms with Crippen molar-refractivity contribution in [3.05, 3.63) is 0 Å². The van der Waals surface area contributed by atoms with Crippen LogP contribution in [0.2, 0.25) is 0 Å². The lowest BCUT2D eigenvalue weighted by atomic mass is 9.93. The molecule has 0 aliphatic heterocycles. The van der Waals surface area contributed by atoms with Crippen LogP contribution in [-0.2, 0) is 9.53 Å². The number of nitrogens with one attached hydrogen (secondary N) is 1. The maximum Gasteiger partial charge on any atom is 0.323 e. The summed E-state index contributed by atoms with van der Waals surface area (Å²) in [6.07, 6.45) is 1.16. The first kappa shape index (κ1) is 15.4. The summed E-state index contributed by atoms with van der Waals surface area (Å²) in [6.45, 7) is 10.8. The molecule has 0 unspecified atom stereocenters. The molecule has 4 heteroatoms. The van der Waals surface area contributed by atoms with Crippen molar-refractivity contribution in [1.29, 1.82) is 0 Å². The lowest BCUT2D eigenvalue weighted by Crippen LogP contribution is -2.52. The lowest BCUT2D eigenvalue weighted by molar-refractivity contribution is -0.145. The van der Waals surface area contributed by atoms with Crippen LogP contribution in [-0.4, -0.2) is 35.4 Å². The topological polar surface area (TPSA) is 58.6 Å². The average Bonchev–Trinajstić information content (AvgIpc) is 2.17. The van der Waals surface area contributed by atoms with Gasteiger partial charge in [0.25, 0.3) is 0 Å². The second kappa shape index (κ2) is 6.21. The van der Waals surface area contributed by atoms with Gasteiger partial charge in [0, 0.05) is 6.54 Å². The normalized spacial score (nSPS) is 12.8. The van der Waals surface area contributed by atoms with Gasteiger partial charge in [0.05, 0.1) is 12.2 Å². The Balaban J connectivity index is 4.10. The summed E-state index contributed by atoms with van der Waals surface area (Å²) < 4.78 is 5.54. The summed E-state index contributed by atoms with van der Waals surface area (Å²) in [5, 5.41) is 12.3. The van der Waals surface area contributed by atoms with Gasteiger partial charge in [-0.3, -0.25) is 10.1 Å². The number of carboxylic acid groups (broad SMARTS) is 1. The summed E-state index contributed by atoms with van der Waals surface area (Å²) in [4.78, 5) is 11.2. The van der Waals surface area contributed by atoms with Gasteiger partial charge < -0.3 is 9.84 Å². The number of hydrogen-bond donors (Lipinski definition) is 2. The Morgan fingerprint density at radius 3 is 2.06 bits per heavy atom. The molecule has 0 rings (SSSR count). The Kier molecular flexibility index (Phi) is 5.97. The van der Waals surface area contributed by atoms with E-state index in [-0.39, 0.29) is 5.60 Å². The van der Waals surface area contributed by atoms with E-state index in [0.29, 0.717) is 26.0 Å². The van der Waals surface area contributed by atoms with Crippen LogP contribution in [0.15, 0.2) is 0 Å². The number of hydrogen-bond acceptors (Lipinski definition) is 3. The zero-order chi connectivity index (χ0) is 12.8. The summed E-state index contributed by atoms with van der Waals surface area (Å²) >= 11 is 0. The number of ether oxygens (including phenoxy) is 1. The van der Waals surface area contributed by atoms with Gasteiger partial charge in [-0.2, -0.15) is 0 Å². The molecule has 0 saturated carbocycles. The first-order valence-electron chi connectivity index (χ1n) is 5.90. The molecule has 0 spiro atoms. The Hall–Kier alpha value is -0.610. The second-order valence-corrected chi connectivity index (χ2v) is 4.98. The fourth-order valence-corrected chi connectivity index (χ4v) is 1.53. The third-order valence-corrected chi connectivity index (χ3v) is 2.72. The number of aliphatic carboxylic acids is 1. The fourth-order valence-electron chi connectivity index (χ4n) is 1.53. The molecule has 0 aliphatic rings. The minimum absolute atomic E-state index is 0.175. The molecule has 2 N–H and O–H groups in total. The van der Waals surface area contributed by atoms with Gasteiger partial charge in [0.1, 0.15) is 5.54 Å². The highest BCUT2D eigenvalue weighted by molar-refractivity contribution is 5.78. The summed E-state index contributed by atoms with van der Waals surface area (Å²) in [7, 11) is 0. The van der Waals surface area contributed by atoms with Crippen LogP contribution in [0, 0.1) is 0 Å². The molecule has 0 atom stereocenters. The average molecular weight is 231 g/mol. The molecule has 0 aromatic heterocycles. The SMILES string of the molecule is CCC(CC)(NCCOC(C)(C)C)C(=O)O. The molecule has 0 saturated heterocycles. The van der Waals surface area contributed by atoms with E-state index >= 15 is 0 Å². The lowest BCUT2D eigenvalue weighted by Gasteiger charge is -2.29. The molecule has 0 aromatic rings. The van der Waals surface area contributed by atoms with Crippen LogP contribution in [0.5, 0.6) is 0 Å². The highest BCUT2D eigenvalue weighted by Gasteiger charge is 2.33. The maximum absolute atomic E-state index is 11.2. The molecule has 0 aliphatic carbocycles. The van der Waals surface area contributed by atoms with Crippen molar-refractivity contribution >= 4 is 5.97 Å². The van der Waals surface area contributed by atoms with E-state index in [1.165, 1.54) is 0 Å². The molecular formula is C12H25NO3. The quantitative estimate of drug-likeness (QED) is 0.658. The largest absolute Gasteiger partial charge is 0.480 e. The van der Waals surface area contributed by atoms with Crippen LogP contribution < -0.4 is 5.32 Å². The molecule has 0 aromatic carbocycles. The van der Waals surface area contributed by atoms with E-state index in [1.54, 1.807) is 0 Å². The molecule has 0 fully saturated rings. The van der Waals surface area contributed by atoms with Crippen molar-refractivity contribution in [2.45, 2.75) is 58.6 Å². The first-order chi connectivity index (χ1) is 7.27. The van der Waals surface area contributed by atoms with Gasteiger partial charge in [-0.15, -0.1) is 0 Å². The molecule has 0 heterocycles. The number of carboxylic acids is 1. The van der Waals surface area contributed by atoms with E-state index in [0.717, 1.165) is 0 Å². The van der Waals surface area contributed by atoms with Crippen molar-refractivity contribution in [3.63, 3.8) is 0 Å². The van der Waals surface area contributed by atoms with Gasteiger partial charge >= 0.3 is 5.97 Å². The van der Waals surface area contributed by atoms with E-state index in [9.17, 15) is 9.90 Å². The minimum atomic E-state index is -0.804. The Morgan fingerprint density at radius 1 is 1.25 bits per heavy atom. The smallest absolute Gasteiger partial charge is 0.323 e. The van der Waals surface area contributed by atoms with Gasteiger partial charge in [-0.05, 0) is 33.6 Å². The van der Waals surface area contributed by atoms with Crippen LogP contribution in [0.4, 0.5) is 0 Å². The zero-order valence-electron chi connectivity index (χ0n) is 11.1. The van der Waals surface area contributed by atoms with Gasteiger partial charge in [-0.25, -0.2) is 0 Å². The van der Waals surface area contributed by atoms with Crippen LogP contribution in [0.1, 0.15) is 47.5 Å². The summed E-state index contributed by atoms with van der Waals surface area (Å²) in [5.74, 6) is -0.784. The summed E-state index contributed by atoms with van der Waals surface area (Å²) in [5.41, 5.74) is -0.979. The molecule has 96 valence electrons. The Labute approximate surface area is 98.4 Å². The van der Waals surface area contributed by atoms with Gasteiger partial charge in [-0.1, -0.05) is 13.8 Å². The fraction of sp³-hybridized carbons (Fsp3) is 0.917. The molecular weight excluding hydrogens is 206 g/mol. The predicted molar refractivity (Wildman–Crippen MR) is 64.7 cm³/mol.